The highest BCUT2D eigenvalue weighted by Gasteiger charge is 2.31. The first kappa shape index (κ1) is 16.0. The standard InChI is InChI=1S/C16H12ClN3O4/c17-11-4-1-9(2-5-11)14(15(16(21)22)19-20-18)10-3-6-12-13(7-10)24-8-23-12/h1-7,14-15H,8H2,(H,21,22)/t14-,15+/m1/s1. The summed E-state index contributed by atoms with van der Waals surface area (Å²) in [7, 11) is 0. The number of halogens is 1. The number of carboxylic acids is 1. The molecule has 2 aromatic carbocycles. The topological polar surface area (TPSA) is 105 Å². The van der Waals surface area contributed by atoms with Crippen molar-refractivity contribution in [2.24, 2.45) is 5.11 Å². The second-order valence-corrected chi connectivity index (χ2v) is 5.57. The number of azide groups is 1. The van der Waals surface area contributed by atoms with Crippen molar-refractivity contribution in [1.29, 1.82) is 0 Å². The van der Waals surface area contributed by atoms with Gasteiger partial charge in [0.2, 0.25) is 6.79 Å². The van der Waals surface area contributed by atoms with E-state index in [1.807, 2.05) is 0 Å². The van der Waals surface area contributed by atoms with Crippen LogP contribution in [0.15, 0.2) is 47.6 Å². The maximum Gasteiger partial charge on any atom is 0.313 e. The lowest BCUT2D eigenvalue weighted by molar-refractivity contribution is -0.138. The van der Waals surface area contributed by atoms with Crippen LogP contribution in [-0.4, -0.2) is 23.9 Å². The van der Waals surface area contributed by atoms with Crippen LogP contribution in [0.2, 0.25) is 5.02 Å². The Hall–Kier alpha value is -2.89. The van der Waals surface area contributed by atoms with Gasteiger partial charge in [-0.25, -0.2) is 0 Å². The molecule has 122 valence electrons. The lowest BCUT2D eigenvalue weighted by Crippen LogP contribution is -2.26. The van der Waals surface area contributed by atoms with Gasteiger partial charge in [-0.1, -0.05) is 34.9 Å². The number of carboxylic acid groups (broad SMARTS) is 1. The van der Waals surface area contributed by atoms with E-state index in [1.54, 1.807) is 42.5 Å². The lowest BCUT2D eigenvalue weighted by atomic mass is 9.85. The monoisotopic (exact) mass is 345 g/mol. The third-order valence-electron chi connectivity index (χ3n) is 3.73. The fraction of sp³-hybridized carbons (Fsp3) is 0.188. The fourth-order valence-corrected chi connectivity index (χ4v) is 2.77. The molecule has 0 saturated carbocycles. The minimum absolute atomic E-state index is 0.114. The van der Waals surface area contributed by atoms with Crippen molar-refractivity contribution >= 4 is 17.6 Å². The Balaban J connectivity index is 2.12. The van der Waals surface area contributed by atoms with E-state index in [9.17, 15) is 9.90 Å². The van der Waals surface area contributed by atoms with Crippen LogP contribution in [0, 0.1) is 0 Å². The molecule has 8 heteroatoms. The number of rotatable bonds is 5. The molecule has 1 N–H and O–H groups in total. The van der Waals surface area contributed by atoms with E-state index in [2.05, 4.69) is 10.0 Å². The quantitative estimate of drug-likeness (QED) is 0.503. The van der Waals surface area contributed by atoms with E-state index in [0.29, 0.717) is 27.6 Å². The van der Waals surface area contributed by atoms with Crippen molar-refractivity contribution in [3.05, 3.63) is 69.1 Å². The zero-order valence-electron chi connectivity index (χ0n) is 12.3. The average Bonchev–Trinajstić information content (AvgIpc) is 3.03. The normalized spacial score (nSPS) is 14.5. The number of hydrogen-bond donors (Lipinski definition) is 1. The number of ether oxygens (including phenoxy) is 2. The highest BCUT2D eigenvalue weighted by Crippen LogP contribution is 2.38. The first-order chi connectivity index (χ1) is 11.6. The van der Waals surface area contributed by atoms with Gasteiger partial charge in [-0.05, 0) is 40.9 Å². The maximum atomic E-state index is 11.6. The molecule has 2 atom stereocenters. The molecule has 0 aliphatic carbocycles. The van der Waals surface area contributed by atoms with Gasteiger partial charge < -0.3 is 14.6 Å². The van der Waals surface area contributed by atoms with E-state index in [4.69, 9.17) is 26.6 Å². The first-order valence-corrected chi connectivity index (χ1v) is 7.40. The molecule has 0 spiro atoms. The Labute approximate surface area is 142 Å². The second kappa shape index (κ2) is 6.70. The maximum absolute atomic E-state index is 11.6. The summed E-state index contributed by atoms with van der Waals surface area (Å²) in [6.45, 7) is 0.114. The summed E-state index contributed by atoms with van der Waals surface area (Å²) >= 11 is 5.91. The predicted octanol–water partition coefficient (Wildman–Crippen LogP) is 3.96. The molecule has 2 aromatic rings. The van der Waals surface area contributed by atoms with Crippen LogP contribution >= 0.6 is 11.6 Å². The van der Waals surface area contributed by atoms with Crippen LogP contribution in [0.3, 0.4) is 0 Å². The fourth-order valence-electron chi connectivity index (χ4n) is 2.65. The Bertz CT molecular complexity index is 817. The van der Waals surface area contributed by atoms with Crippen LogP contribution < -0.4 is 9.47 Å². The molecule has 1 heterocycles. The van der Waals surface area contributed by atoms with Crippen LogP contribution in [0.4, 0.5) is 0 Å². The van der Waals surface area contributed by atoms with Crippen molar-refractivity contribution in [3.8, 4) is 11.5 Å². The zero-order chi connectivity index (χ0) is 17.1. The van der Waals surface area contributed by atoms with Gasteiger partial charge in [0.15, 0.2) is 11.5 Å². The number of hydrogen-bond acceptors (Lipinski definition) is 4. The minimum atomic E-state index is -1.31. The summed E-state index contributed by atoms with van der Waals surface area (Å²) in [5, 5.41) is 13.5. The van der Waals surface area contributed by atoms with E-state index in [1.165, 1.54) is 0 Å². The first-order valence-electron chi connectivity index (χ1n) is 7.02. The molecule has 0 bridgehead atoms. The van der Waals surface area contributed by atoms with Gasteiger partial charge in [0, 0.05) is 15.9 Å². The molecule has 24 heavy (non-hydrogen) atoms. The molecule has 3 rings (SSSR count). The average molecular weight is 346 g/mol. The van der Waals surface area contributed by atoms with Gasteiger partial charge >= 0.3 is 5.97 Å². The molecule has 0 aromatic heterocycles. The minimum Gasteiger partial charge on any atom is -0.481 e. The number of fused-ring (bicyclic) bond motifs is 1. The van der Waals surface area contributed by atoms with Crippen LogP contribution in [0.5, 0.6) is 11.5 Å². The van der Waals surface area contributed by atoms with Gasteiger partial charge in [-0.3, -0.25) is 4.79 Å². The highest BCUT2D eigenvalue weighted by molar-refractivity contribution is 6.30. The third kappa shape index (κ3) is 3.08. The van der Waals surface area contributed by atoms with Gasteiger partial charge in [-0.15, -0.1) is 0 Å². The Morgan fingerprint density at radius 1 is 1.17 bits per heavy atom. The molecule has 0 radical (unpaired) electrons. The lowest BCUT2D eigenvalue weighted by Gasteiger charge is -2.22. The molecule has 0 unspecified atom stereocenters. The van der Waals surface area contributed by atoms with Gasteiger partial charge in [-0.2, -0.15) is 0 Å². The van der Waals surface area contributed by atoms with Gasteiger partial charge in [0.25, 0.3) is 0 Å². The molecule has 0 saturated heterocycles. The number of nitrogens with zero attached hydrogens (tertiary/aromatic N) is 3. The van der Waals surface area contributed by atoms with E-state index in [0.717, 1.165) is 0 Å². The smallest absolute Gasteiger partial charge is 0.313 e. The zero-order valence-corrected chi connectivity index (χ0v) is 13.1. The van der Waals surface area contributed by atoms with Gasteiger partial charge in [0.1, 0.15) is 6.04 Å². The third-order valence-corrected chi connectivity index (χ3v) is 3.98. The highest BCUT2D eigenvalue weighted by atomic mass is 35.5. The largest absolute Gasteiger partial charge is 0.481 e. The van der Waals surface area contributed by atoms with Crippen molar-refractivity contribution in [2.45, 2.75) is 12.0 Å². The van der Waals surface area contributed by atoms with Crippen molar-refractivity contribution in [2.75, 3.05) is 6.79 Å². The molecule has 1 aliphatic heterocycles. The number of aliphatic carboxylic acids is 1. The van der Waals surface area contributed by atoms with Crippen molar-refractivity contribution in [3.63, 3.8) is 0 Å². The Kier molecular flexibility index (Phi) is 4.46. The molecule has 7 nitrogen and oxygen atoms in total. The Morgan fingerprint density at radius 3 is 2.50 bits per heavy atom. The molecule has 0 amide bonds. The summed E-state index contributed by atoms with van der Waals surface area (Å²) in [6, 6.07) is 10.6. The van der Waals surface area contributed by atoms with Crippen LogP contribution in [-0.2, 0) is 4.79 Å². The summed E-state index contributed by atoms with van der Waals surface area (Å²) in [4.78, 5) is 14.3. The summed E-state index contributed by atoms with van der Waals surface area (Å²) in [5.41, 5.74) is 10.1. The van der Waals surface area contributed by atoms with Crippen molar-refractivity contribution < 1.29 is 19.4 Å². The Morgan fingerprint density at radius 2 is 1.83 bits per heavy atom. The summed E-state index contributed by atoms with van der Waals surface area (Å²) < 4.78 is 10.6. The molecule has 1 aliphatic rings. The van der Waals surface area contributed by atoms with Crippen molar-refractivity contribution in [1.82, 2.24) is 0 Å². The van der Waals surface area contributed by atoms with E-state index in [-0.39, 0.29) is 6.79 Å². The SMILES string of the molecule is [N-]=[N+]=N[C@H](C(=O)O)[C@H](c1ccc(Cl)cc1)c1ccc2c(c1)OCO2. The molecular weight excluding hydrogens is 334 g/mol. The summed E-state index contributed by atoms with van der Waals surface area (Å²) in [6.07, 6.45) is 0. The molecule has 0 fully saturated rings. The van der Waals surface area contributed by atoms with E-state index < -0.39 is 17.9 Å². The van der Waals surface area contributed by atoms with Crippen LogP contribution in [0.25, 0.3) is 10.4 Å². The number of benzene rings is 2. The van der Waals surface area contributed by atoms with Crippen LogP contribution in [0.1, 0.15) is 17.0 Å². The van der Waals surface area contributed by atoms with Gasteiger partial charge in [0.05, 0.1) is 0 Å². The number of carbonyl (C=O) groups is 1. The second-order valence-electron chi connectivity index (χ2n) is 5.13. The summed E-state index contributed by atoms with van der Waals surface area (Å²) in [5.74, 6) is -0.795. The molecular formula is C16H12ClN3O4. The van der Waals surface area contributed by atoms with E-state index >= 15 is 0 Å². The predicted molar refractivity (Wildman–Crippen MR) is 86.4 cm³/mol.